The van der Waals surface area contributed by atoms with Crippen molar-refractivity contribution >= 4 is 0 Å². The number of unbranched alkanes of at least 4 members (excludes halogenated alkanes) is 2. The largest absolute Gasteiger partial charge is 0.266 e. The molecule has 5 atom stereocenters. The zero-order chi connectivity index (χ0) is 21.1. The van der Waals surface area contributed by atoms with E-state index in [0.29, 0.717) is 17.8 Å². The van der Waals surface area contributed by atoms with Gasteiger partial charge >= 0.3 is 0 Å². The van der Waals surface area contributed by atoms with Crippen molar-refractivity contribution in [1.82, 2.24) is 0 Å². The first-order valence-corrected chi connectivity index (χ1v) is 12.4. The highest BCUT2D eigenvalue weighted by Gasteiger charge is 2.36. The van der Waals surface area contributed by atoms with Crippen LogP contribution in [0, 0.1) is 29.5 Å². The van der Waals surface area contributed by atoms with Gasteiger partial charge in [0.15, 0.2) is 0 Å². The highest BCUT2D eigenvalue weighted by Crippen LogP contribution is 2.49. The van der Waals surface area contributed by atoms with Crippen molar-refractivity contribution in [2.24, 2.45) is 23.7 Å². The fourth-order valence-electron chi connectivity index (χ4n) is 6.65. The number of halogens is 3. The topological polar surface area (TPSA) is 0 Å². The summed E-state index contributed by atoms with van der Waals surface area (Å²) in [5.74, 6) is 2.20. The van der Waals surface area contributed by atoms with Gasteiger partial charge in [-0.05, 0) is 116 Å². The second kappa shape index (κ2) is 9.92. The summed E-state index contributed by atoms with van der Waals surface area (Å²) in [4.78, 5) is 0. The van der Waals surface area contributed by atoms with E-state index in [0.717, 1.165) is 62.8 Å². The third-order valence-electron chi connectivity index (χ3n) is 8.32. The molecule has 2 fully saturated rings. The molecule has 0 heterocycles. The van der Waals surface area contributed by atoms with Crippen LogP contribution in [0.4, 0.5) is 13.2 Å². The van der Waals surface area contributed by atoms with Crippen LogP contribution < -0.4 is 0 Å². The summed E-state index contributed by atoms with van der Waals surface area (Å²) in [5, 5.41) is 0. The number of benzene rings is 1. The quantitative estimate of drug-likeness (QED) is 0.406. The lowest BCUT2D eigenvalue weighted by Gasteiger charge is -2.42. The lowest BCUT2D eigenvalue weighted by atomic mass is 9.63. The molecule has 166 valence electrons. The molecule has 1 aromatic rings. The summed E-state index contributed by atoms with van der Waals surface area (Å²) in [6, 6.07) is 4.05. The molecule has 0 aliphatic heterocycles. The van der Waals surface area contributed by atoms with E-state index in [9.17, 15) is 8.78 Å². The first kappa shape index (κ1) is 22.0. The van der Waals surface area contributed by atoms with Crippen LogP contribution in [0.5, 0.6) is 0 Å². The Labute approximate surface area is 180 Å². The molecular formula is C27H37F3. The maximum absolute atomic E-state index is 15.1. The van der Waals surface area contributed by atoms with Crippen molar-refractivity contribution in [1.29, 1.82) is 0 Å². The third-order valence-corrected chi connectivity index (χ3v) is 8.32. The lowest BCUT2D eigenvalue weighted by Crippen LogP contribution is -2.30. The van der Waals surface area contributed by atoms with Crippen molar-refractivity contribution in [2.75, 3.05) is 0 Å². The number of allylic oxidation sites excluding steroid dienone is 1. The van der Waals surface area contributed by atoms with E-state index in [1.807, 2.05) is 6.07 Å². The van der Waals surface area contributed by atoms with Crippen LogP contribution in [-0.2, 0) is 12.8 Å². The first-order valence-electron chi connectivity index (χ1n) is 12.4. The molecule has 4 rings (SSSR count). The molecule has 0 saturated heterocycles. The Morgan fingerprint density at radius 2 is 1.77 bits per heavy atom. The molecule has 0 bridgehead atoms. The van der Waals surface area contributed by atoms with Gasteiger partial charge in [-0.15, -0.1) is 0 Å². The van der Waals surface area contributed by atoms with Gasteiger partial charge in [-0.1, -0.05) is 38.7 Å². The van der Waals surface area contributed by atoms with Crippen LogP contribution in [0.1, 0.15) is 100 Å². The normalized spacial score (nSPS) is 31.0. The van der Waals surface area contributed by atoms with Crippen LogP contribution >= 0.6 is 0 Å². The Hall–Kier alpha value is -1.25. The molecule has 0 amide bonds. The van der Waals surface area contributed by atoms with E-state index in [1.165, 1.54) is 49.3 Å². The van der Waals surface area contributed by atoms with Gasteiger partial charge in [0.25, 0.3) is 6.08 Å². The maximum Gasteiger partial charge on any atom is 0.266 e. The van der Waals surface area contributed by atoms with E-state index in [4.69, 9.17) is 0 Å². The molecule has 0 aromatic heterocycles. The predicted molar refractivity (Wildman–Crippen MR) is 117 cm³/mol. The summed E-state index contributed by atoms with van der Waals surface area (Å²) in [5.41, 5.74) is 3.57. The average molecular weight is 419 g/mol. The minimum Gasteiger partial charge on any atom is -0.207 e. The molecule has 0 spiro atoms. The van der Waals surface area contributed by atoms with Crippen LogP contribution in [0.25, 0.3) is 0 Å². The molecule has 0 nitrogen and oxygen atoms in total. The Morgan fingerprint density at radius 3 is 2.57 bits per heavy atom. The first-order chi connectivity index (χ1) is 14.5. The van der Waals surface area contributed by atoms with E-state index in [2.05, 4.69) is 13.0 Å². The van der Waals surface area contributed by atoms with Gasteiger partial charge in [0.1, 0.15) is 5.82 Å². The molecule has 3 aliphatic carbocycles. The second-order valence-electron chi connectivity index (χ2n) is 10.3. The van der Waals surface area contributed by atoms with Gasteiger partial charge in [-0.2, -0.15) is 8.78 Å². The molecule has 2 saturated carbocycles. The van der Waals surface area contributed by atoms with Crippen molar-refractivity contribution in [3.63, 3.8) is 0 Å². The van der Waals surface area contributed by atoms with Crippen LogP contribution in [0.15, 0.2) is 24.3 Å². The van der Waals surface area contributed by atoms with Crippen LogP contribution in [0.3, 0.4) is 0 Å². The lowest BCUT2D eigenvalue weighted by molar-refractivity contribution is 0.131. The molecule has 30 heavy (non-hydrogen) atoms. The summed E-state index contributed by atoms with van der Waals surface area (Å²) in [6.45, 7) is 2.24. The number of hydrogen-bond acceptors (Lipinski definition) is 0. The van der Waals surface area contributed by atoms with Crippen LogP contribution in [0.2, 0.25) is 0 Å². The SMILES string of the molecule is CCCCCC1CCc2cc(C3CCC4CC(C=C(F)F)CCC4C3)c(F)cc2C1. The number of fused-ring (bicyclic) bond motifs is 2. The van der Waals surface area contributed by atoms with E-state index in [-0.39, 0.29) is 11.7 Å². The standard InChI is InChI=1S/C27H37F3/c1-2-3-4-5-18-6-8-22-16-25(26(28)17-24(22)12-18)23-11-10-20-13-19(14-27(29)30)7-9-21(20)15-23/h14,16-21,23H,2-13,15H2,1H3. The summed E-state index contributed by atoms with van der Waals surface area (Å²) < 4.78 is 40.4. The van der Waals surface area contributed by atoms with Crippen LogP contribution in [-0.4, -0.2) is 0 Å². The van der Waals surface area contributed by atoms with E-state index >= 15 is 4.39 Å². The fraction of sp³-hybridized carbons (Fsp3) is 0.704. The Morgan fingerprint density at radius 1 is 0.967 bits per heavy atom. The zero-order valence-electron chi connectivity index (χ0n) is 18.4. The molecule has 3 heteroatoms. The molecule has 0 radical (unpaired) electrons. The van der Waals surface area contributed by atoms with E-state index in [1.54, 1.807) is 0 Å². The highest BCUT2D eigenvalue weighted by atomic mass is 19.3. The monoisotopic (exact) mass is 418 g/mol. The second-order valence-corrected chi connectivity index (χ2v) is 10.3. The summed E-state index contributed by atoms with van der Waals surface area (Å²) >= 11 is 0. The third kappa shape index (κ3) is 5.14. The minimum atomic E-state index is -1.53. The molecule has 3 aliphatic rings. The van der Waals surface area contributed by atoms with Gasteiger partial charge in [-0.25, -0.2) is 4.39 Å². The smallest absolute Gasteiger partial charge is 0.207 e. The highest BCUT2D eigenvalue weighted by molar-refractivity contribution is 5.37. The van der Waals surface area contributed by atoms with Crippen molar-refractivity contribution in [3.8, 4) is 0 Å². The van der Waals surface area contributed by atoms with Crippen molar-refractivity contribution in [3.05, 3.63) is 46.8 Å². The van der Waals surface area contributed by atoms with Gasteiger partial charge in [0, 0.05) is 0 Å². The maximum atomic E-state index is 15.1. The van der Waals surface area contributed by atoms with Crippen molar-refractivity contribution < 1.29 is 13.2 Å². The average Bonchev–Trinajstić information content (AvgIpc) is 2.72. The van der Waals surface area contributed by atoms with Gasteiger partial charge in [-0.3, -0.25) is 0 Å². The summed E-state index contributed by atoms with van der Waals surface area (Å²) in [6.07, 6.45) is 14.0. The van der Waals surface area contributed by atoms with E-state index < -0.39 is 6.08 Å². The molecule has 1 aromatic carbocycles. The Bertz CT molecular complexity index is 749. The van der Waals surface area contributed by atoms with Gasteiger partial charge in [0.2, 0.25) is 0 Å². The fourth-order valence-corrected chi connectivity index (χ4v) is 6.65. The van der Waals surface area contributed by atoms with Gasteiger partial charge in [0.05, 0.1) is 0 Å². The molecular weight excluding hydrogens is 381 g/mol. The minimum absolute atomic E-state index is 0.00234. The number of aryl methyl sites for hydroxylation is 1. The zero-order valence-corrected chi connectivity index (χ0v) is 18.4. The Kier molecular flexibility index (Phi) is 7.26. The molecule has 0 N–H and O–H groups in total. The van der Waals surface area contributed by atoms with Crippen molar-refractivity contribution in [2.45, 2.75) is 96.3 Å². The predicted octanol–water partition coefficient (Wildman–Crippen LogP) is 8.59. The number of rotatable bonds is 6. The summed E-state index contributed by atoms with van der Waals surface area (Å²) in [7, 11) is 0. The Balaban J connectivity index is 1.40. The molecule has 5 unspecified atom stereocenters. The number of hydrogen-bond donors (Lipinski definition) is 0. The van der Waals surface area contributed by atoms with Gasteiger partial charge < -0.3 is 0 Å².